The lowest BCUT2D eigenvalue weighted by Crippen LogP contribution is -2.25. The van der Waals surface area contributed by atoms with E-state index in [1.807, 2.05) is 6.08 Å². The van der Waals surface area contributed by atoms with Gasteiger partial charge in [0.05, 0.1) is 12.2 Å². The van der Waals surface area contributed by atoms with Crippen molar-refractivity contribution in [1.82, 2.24) is 0 Å². The van der Waals surface area contributed by atoms with Crippen LogP contribution in [0.25, 0.3) is 0 Å². The minimum Gasteiger partial charge on any atom is -0.378 e. The molecule has 0 aliphatic heterocycles. The smallest absolute Gasteiger partial charge is 0.0908 e. The minimum absolute atomic E-state index is 0.486. The zero-order chi connectivity index (χ0) is 20.3. The summed E-state index contributed by atoms with van der Waals surface area (Å²) in [5.41, 5.74) is 3.01. The highest BCUT2D eigenvalue weighted by Gasteiger charge is 2.25. The molecule has 0 unspecified atom stereocenters. The zero-order valence-corrected chi connectivity index (χ0v) is 18.3. The molecule has 2 fully saturated rings. The molecule has 0 spiro atoms. The van der Waals surface area contributed by atoms with Gasteiger partial charge in [0, 0.05) is 12.7 Å². The van der Waals surface area contributed by atoms with Gasteiger partial charge >= 0.3 is 0 Å². The quantitative estimate of drug-likeness (QED) is 0.411. The monoisotopic (exact) mass is 393 g/mol. The van der Waals surface area contributed by atoms with Crippen molar-refractivity contribution in [2.75, 3.05) is 6.61 Å². The minimum atomic E-state index is 0.486. The van der Waals surface area contributed by atoms with E-state index in [1.54, 1.807) is 6.08 Å². The number of ether oxygens (including phenoxy) is 1. The predicted octanol–water partition coefficient (Wildman–Crippen LogP) is 7.35. The first-order chi connectivity index (χ1) is 14.3. The molecule has 3 rings (SSSR count). The topological polar surface area (TPSA) is 33.0 Å². The van der Waals surface area contributed by atoms with Crippen molar-refractivity contribution in [3.05, 3.63) is 47.5 Å². The summed E-state index contributed by atoms with van der Waals surface area (Å²) in [5, 5.41) is 8.55. The van der Waals surface area contributed by atoms with E-state index in [-0.39, 0.29) is 0 Å². The van der Waals surface area contributed by atoms with E-state index in [9.17, 15) is 0 Å². The number of nitrogens with zero attached hydrogens (tertiary/aromatic N) is 1. The summed E-state index contributed by atoms with van der Waals surface area (Å²) in [4.78, 5) is 0. The fraction of sp³-hybridized carbons (Fsp3) is 0.667. The third-order valence-electron chi connectivity index (χ3n) is 7.13. The number of nitriles is 1. The van der Waals surface area contributed by atoms with Crippen LogP contribution in [0.4, 0.5) is 0 Å². The standard InChI is InChI=1S/C27H39NO/c1-2-6-22-12-14-25(15-13-22)26-16-18-27(19-17-26)29-21-24-10-8-23(9-11-24)7-4-3-5-20-28/h3,5,12-15,23-24,26-27H,2,4,6-11,16-19,21H2,1H3/b5-3+/t23-,24-,26-,27-. The van der Waals surface area contributed by atoms with Crippen molar-refractivity contribution in [3.63, 3.8) is 0 Å². The number of benzene rings is 1. The van der Waals surface area contributed by atoms with Crippen LogP contribution in [0.3, 0.4) is 0 Å². The SMILES string of the molecule is CCCc1ccc([C@H]2CC[C@H](OC[C@H]3CC[C@H](CC/C=C/C#N)CC3)CC2)cc1. The highest BCUT2D eigenvalue weighted by atomic mass is 16.5. The van der Waals surface area contributed by atoms with E-state index in [1.165, 1.54) is 81.8 Å². The molecule has 0 N–H and O–H groups in total. The zero-order valence-electron chi connectivity index (χ0n) is 18.3. The van der Waals surface area contributed by atoms with Crippen molar-refractivity contribution >= 4 is 0 Å². The molecule has 158 valence electrons. The van der Waals surface area contributed by atoms with E-state index in [2.05, 4.69) is 37.3 Å². The third-order valence-corrected chi connectivity index (χ3v) is 7.13. The van der Waals surface area contributed by atoms with Gasteiger partial charge in [-0.2, -0.15) is 5.26 Å². The maximum atomic E-state index is 8.55. The average molecular weight is 394 g/mol. The summed E-state index contributed by atoms with van der Waals surface area (Å²) < 4.78 is 6.36. The maximum Gasteiger partial charge on any atom is 0.0908 e. The van der Waals surface area contributed by atoms with Gasteiger partial charge in [-0.05, 0) is 86.7 Å². The second-order valence-corrected chi connectivity index (χ2v) is 9.29. The van der Waals surface area contributed by atoms with Crippen LogP contribution in [0.5, 0.6) is 0 Å². The Morgan fingerprint density at radius 2 is 1.66 bits per heavy atom. The van der Waals surface area contributed by atoms with Gasteiger partial charge in [0.1, 0.15) is 0 Å². The molecule has 0 heterocycles. The van der Waals surface area contributed by atoms with E-state index >= 15 is 0 Å². The molecule has 0 radical (unpaired) electrons. The Hall–Kier alpha value is -1.59. The van der Waals surface area contributed by atoms with Crippen LogP contribution in [0, 0.1) is 23.2 Å². The lowest BCUT2D eigenvalue weighted by molar-refractivity contribution is -0.00474. The Kier molecular flexibility index (Phi) is 9.29. The van der Waals surface area contributed by atoms with Crippen molar-refractivity contribution < 1.29 is 4.74 Å². The van der Waals surface area contributed by atoms with Gasteiger partial charge in [0.15, 0.2) is 0 Å². The van der Waals surface area contributed by atoms with E-state index in [4.69, 9.17) is 10.00 Å². The van der Waals surface area contributed by atoms with Crippen LogP contribution < -0.4 is 0 Å². The normalized spacial score (nSPS) is 27.7. The summed E-state index contributed by atoms with van der Waals surface area (Å²) in [7, 11) is 0. The van der Waals surface area contributed by atoms with Crippen LogP contribution in [0.2, 0.25) is 0 Å². The van der Waals surface area contributed by atoms with Crippen molar-refractivity contribution in [2.24, 2.45) is 11.8 Å². The number of aryl methyl sites for hydroxylation is 1. The molecule has 1 aromatic rings. The maximum absolute atomic E-state index is 8.55. The Labute approximate surface area is 178 Å². The first-order valence-corrected chi connectivity index (χ1v) is 12.0. The van der Waals surface area contributed by atoms with Crippen molar-refractivity contribution in [2.45, 2.75) is 96.0 Å². The van der Waals surface area contributed by atoms with E-state index in [0.717, 1.165) is 30.8 Å². The average Bonchev–Trinajstić information content (AvgIpc) is 2.77. The first kappa shape index (κ1) is 22.1. The summed E-state index contributed by atoms with van der Waals surface area (Å²) in [6.45, 7) is 3.22. The van der Waals surface area contributed by atoms with Gasteiger partial charge in [-0.15, -0.1) is 0 Å². The van der Waals surface area contributed by atoms with Crippen molar-refractivity contribution in [3.8, 4) is 6.07 Å². The van der Waals surface area contributed by atoms with Gasteiger partial charge < -0.3 is 4.74 Å². The molecule has 1 aromatic carbocycles. The van der Waals surface area contributed by atoms with E-state index < -0.39 is 0 Å². The molecule has 2 aliphatic carbocycles. The van der Waals surface area contributed by atoms with Crippen LogP contribution in [0.15, 0.2) is 36.4 Å². The number of rotatable bonds is 9. The number of hydrogen-bond donors (Lipinski definition) is 0. The molecule has 0 amide bonds. The number of allylic oxidation sites excluding steroid dienone is 2. The first-order valence-electron chi connectivity index (χ1n) is 12.0. The lowest BCUT2D eigenvalue weighted by atomic mass is 9.80. The third kappa shape index (κ3) is 7.31. The summed E-state index contributed by atoms with van der Waals surface area (Å²) >= 11 is 0. The highest BCUT2D eigenvalue weighted by Crippen LogP contribution is 2.36. The van der Waals surface area contributed by atoms with Crippen molar-refractivity contribution in [1.29, 1.82) is 5.26 Å². The number of hydrogen-bond acceptors (Lipinski definition) is 2. The van der Waals surface area contributed by atoms with Gasteiger partial charge in [0.25, 0.3) is 0 Å². The molecular formula is C27H39NO. The molecule has 0 atom stereocenters. The summed E-state index contributed by atoms with van der Waals surface area (Å²) in [5.74, 6) is 2.36. The molecule has 0 bridgehead atoms. The molecule has 2 saturated carbocycles. The second kappa shape index (κ2) is 12.2. The highest BCUT2D eigenvalue weighted by molar-refractivity contribution is 5.26. The Morgan fingerprint density at radius 1 is 0.966 bits per heavy atom. The Bertz CT molecular complexity index is 640. The largest absolute Gasteiger partial charge is 0.378 e. The second-order valence-electron chi connectivity index (χ2n) is 9.29. The predicted molar refractivity (Wildman–Crippen MR) is 121 cm³/mol. The molecule has 2 nitrogen and oxygen atoms in total. The molecule has 0 aromatic heterocycles. The molecule has 2 heteroatoms. The lowest BCUT2D eigenvalue weighted by Gasteiger charge is -2.32. The van der Waals surface area contributed by atoms with Crippen LogP contribution in [0.1, 0.15) is 94.6 Å². The fourth-order valence-corrected chi connectivity index (χ4v) is 5.23. The van der Waals surface area contributed by atoms with Gasteiger partial charge in [-0.3, -0.25) is 0 Å². The van der Waals surface area contributed by atoms with Crippen LogP contribution >= 0.6 is 0 Å². The Balaban J connectivity index is 1.30. The van der Waals surface area contributed by atoms with Crippen LogP contribution in [-0.2, 0) is 11.2 Å². The Morgan fingerprint density at radius 3 is 2.31 bits per heavy atom. The summed E-state index contributed by atoms with van der Waals surface area (Å²) in [6, 6.07) is 11.5. The fourth-order valence-electron chi connectivity index (χ4n) is 5.23. The van der Waals surface area contributed by atoms with E-state index in [0.29, 0.717) is 6.10 Å². The van der Waals surface area contributed by atoms with Gasteiger partial charge in [-0.1, -0.05) is 56.5 Å². The molecular weight excluding hydrogens is 354 g/mol. The molecule has 0 saturated heterocycles. The van der Waals surface area contributed by atoms with Gasteiger partial charge in [0.2, 0.25) is 0 Å². The summed E-state index contributed by atoms with van der Waals surface area (Å²) in [6.07, 6.45) is 19.2. The van der Waals surface area contributed by atoms with Gasteiger partial charge in [-0.25, -0.2) is 0 Å². The van der Waals surface area contributed by atoms with Crippen LogP contribution in [-0.4, -0.2) is 12.7 Å². The molecule has 2 aliphatic rings. The molecule has 29 heavy (non-hydrogen) atoms.